The highest BCUT2D eigenvalue weighted by Crippen LogP contribution is 2.15. The van der Waals surface area contributed by atoms with Gasteiger partial charge in [-0.3, -0.25) is 18.9 Å². The van der Waals surface area contributed by atoms with Gasteiger partial charge >= 0.3 is 5.69 Å². The molecule has 8 heteroatoms. The lowest BCUT2D eigenvalue weighted by Gasteiger charge is -2.04. The molecule has 25 heavy (non-hydrogen) atoms. The van der Waals surface area contributed by atoms with E-state index in [0.717, 1.165) is 5.56 Å². The molecule has 0 fully saturated rings. The molecule has 1 aromatic carbocycles. The summed E-state index contributed by atoms with van der Waals surface area (Å²) in [5.41, 5.74) is 3.42. The van der Waals surface area contributed by atoms with Crippen LogP contribution in [0.5, 0.6) is 0 Å². The van der Waals surface area contributed by atoms with E-state index >= 15 is 0 Å². The number of hydrogen-bond acceptors (Lipinski definition) is 5. The first-order valence-corrected chi connectivity index (χ1v) is 7.76. The first-order chi connectivity index (χ1) is 12.1. The number of H-pyrrole nitrogens is 1. The summed E-state index contributed by atoms with van der Waals surface area (Å²) in [4.78, 5) is 30.7. The molecule has 2 heterocycles. The summed E-state index contributed by atoms with van der Waals surface area (Å²) in [5.74, 6) is 0.381. The Bertz CT molecular complexity index is 1060. The van der Waals surface area contributed by atoms with Gasteiger partial charge in [0.25, 0.3) is 5.56 Å². The van der Waals surface area contributed by atoms with E-state index in [4.69, 9.17) is 0 Å². The number of fused-ring (bicyclic) bond motifs is 1. The van der Waals surface area contributed by atoms with Gasteiger partial charge in [-0.25, -0.2) is 10.2 Å². The van der Waals surface area contributed by atoms with E-state index in [2.05, 4.69) is 20.5 Å². The third kappa shape index (κ3) is 3.27. The van der Waals surface area contributed by atoms with Gasteiger partial charge in [-0.1, -0.05) is 42.5 Å². The van der Waals surface area contributed by atoms with Gasteiger partial charge in [0, 0.05) is 13.6 Å². The van der Waals surface area contributed by atoms with Gasteiger partial charge in [-0.05, 0) is 12.5 Å². The zero-order valence-electron chi connectivity index (χ0n) is 13.9. The molecule has 0 unspecified atom stereocenters. The predicted octanol–water partition coefficient (Wildman–Crippen LogP) is 1.45. The fraction of sp³-hybridized carbons (Fsp3) is 0.176. The lowest BCUT2D eigenvalue weighted by molar-refractivity contribution is 0.818. The molecule has 0 aliphatic heterocycles. The highest BCUT2D eigenvalue weighted by atomic mass is 16.2. The number of imidazole rings is 1. The van der Waals surface area contributed by atoms with Crippen molar-refractivity contribution in [2.45, 2.75) is 13.5 Å². The molecule has 0 spiro atoms. The largest absolute Gasteiger partial charge is 0.329 e. The van der Waals surface area contributed by atoms with Gasteiger partial charge in [0.05, 0.1) is 6.21 Å². The van der Waals surface area contributed by atoms with Crippen molar-refractivity contribution in [3.63, 3.8) is 0 Å². The van der Waals surface area contributed by atoms with Crippen LogP contribution < -0.4 is 16.7 Å². The van der Waals surface area contributed by atoms with E-state index in [1.165, 1.54) is 4.57 Å². The Labute approximate surface area is 143 Å². The van der Waals surface area contributed by atoms with Crippen molar-refractivity contribution in [1.82, 2.24) is 19.1 Å². The highest BCUT2D eigenvalue weighted by Gasteiger charge is 2.16. The highest BCUT2D eigenvalue weighted by molar-refractivity contribution is 5.80. The molecule has 3 aromatic rings. The fourth-order valence-electron chi connectivity index (χ4n) is 2.41. The zero-order chi connectivity index (χ0) is 17.8. The van der Waals surface area contributed by atoms with Crippen molar-refractivity contribution in [3.8, 4) is 0 Å². The molecule has 0 aliphatic rings. The minimum Gasteiger partial charge on any atom is -0.299 e. The van der Waals surface area contributed by atoms with Crippen LogP contribution in [0.3, 0.4) is 0 Å². The number of nitrogens with one attached hydrogen (secondary N) is 2. The van der Waals surface area contributed by atoms with Gasteiger partial charge < -0.3 is 0 Å². The molecule has 0 amide bonds. The number of hydrogen-bond donors (Lipinski definition) is 2. The summed E-state index contributed by atoms with van der Waals surface area (Å²) < 4.78 is 2.98. The number of benzene rings is 1. The molecular formula is C17H18N6O2. The number of nitrogens with zero attached hydrogens (tertiary/aromatic N) is 4. The molecule has 0 atom stereocenters. The monoisotopic (exact) mass is 338 g/mol. The summed E-state index contributed by atoms with van der Waals surface area (Å²) in [7, 11) is 1.56. The summed E-state index contributed by atoms with van der Waals surface area (Å²) in [6, 6.07) is 9.59. The maximum absolute atomic E-state index is 12.2. The minimum atomic E-state index is -0.507. The fourth-order valence-corrected chi connectivity index (χ4v) is 2.41. The lowest BCUT2D eigenvalue weighted by atomic mass is 10.2. The van der Waals surface area contributed by atoms with E-state index in [9.17, 15) is 9.59 Å². The molecular weight excluding hydrogens is 320 g/mol. The van der Waals surface area contributed by atoms with Crippen molar-refractivity contribution < 1.29 is 0 Å². The van der Waals surface area contributed by atoms with Gasteiger partial charge in [0.1, 0.15) is 0 Å². The molecule has 3 rings (SSSR count). The van der Waals surface area contributed by atoms with Crippen molar-refractivity contribution in [1.29, 1.82) is 0 Å². The van der Waals surface area contributed by atoms with E-state index in [-0.39, 0.29) is 0 Å². The topological polar surface area (TPSA) is 97.1 Å². The maximum atomic E-state index is 12.2. The van der Waals surface area contributed by atoms with Crippen LogP contribution in [0.1, 0.15) is 12.5 Å². The number of rotatable bonds is 5. The van der Waals surface area contributed by atoms with Gasteiger partial charge in [-0.2, -0.15) is 10.1 Å². The Hall–Kier alpha value is -3.42. The first kappa shape index (κ1) is 16.4. The third-order valence-electron chi connectivity index (χ3n) is 3.71. The van der Waals surface area contributed by atoms with Crippen LogP contribution in [0.2, 0.25) is 0 Å². The molecule has 0 saturated heterocycles. The Morgan fingerprint density at radius 1 is 1.28 bits per heavy atom. The molecule has 128 valence electrons. The average molecular weight is 338 g/mol. The second-order valence-electron chi connectivity index (χ2n) is 5.39. The summed E-state index contributed by atoms with van der Waals surface area (Å²) in [5, 5.41) is 4.18. The second-order valence-corrected chi connectivity index (χ2v) is 5.39. The predicted molar refractivity (Wildman–Crippen MR) is 98.1 cm³/mol. The third-order valence-corrected chi connectivity index (χ3v) is 3.71. The lowest BCUT2D eigenvalue weighted by Crippen LogP contribution is -2.29. The van der Waals surface area contributed by atoms with E-state index < -0.39 is 11.2 Å². The Morgan fingerprint density at radius 2 is 2.04 bits per heavy atom. The summed E-state index contributed by atoms with van der Waals surface area (Å²) in [6.45, 7) is 2.32. The smallest absolute Gasteiger partial charge is 0.299 e. The van der Waals surface area contributed by atoms with Crippen LogP contribution in [0.4, 0.5) is 5.95 Å². The number of hydrazone groups is 1. The molecule has 0 saturated carbocycles. The van der Waals surface area contributed by atoms with Crippen molar-refractivity contribution in [2.24, 2.45) is 12.1 Å². The minimum absolute atomic E-state index is 0.302. The zero-order valence-corrected chi connectivity index (χ0v) is 13.9. The number of aromatic nitrogens is 4. The van der Waals surface area contributed by atoms with E-state index in [0.29, 0.717) is 23.7 Å². The Morgan fingerprint density at radius 3 is 2.76 bits per heavy atom. The van der Waals surface area contributed by atoms with Crippen molar-refractivity contribution >= 4 is 23.3 Å². The Kier molecular flexibility index (Phi) is 4.60. The van der Waals surface area contributed by atoms with Crippen LogP contribution in [-0.4, -0.2) is 25.3 Å². The van der Waals surface area contributed by atoms with Crippen molar-refractivity contribution in [2.75, 3.05) is 5.43 Å². The van der Waals surface area contributed by atoms with Gasteiger partial charge in [0.2, 0.25) is 5.95 Å². The number of aromatic amines is 1. The first-order valence-electron chi connectivity index (χ1n) is 7.76. The van der Waals surface area contributed by atoms with Crippen molar-refractivity contribution in [3.05, 3.63) is 68.9 Å². The molecule has 2 aromatic heterocycles. The molecule has 8 nitrogen and oxygen atoms in total. The van der Waals surface area contributed by atoms with Gasteiger partial charge in [0.15, 0.2) is 11.2 Å². The summed E-state index contributed by atoms with van der Waals surface area (Å²) in [6.07, 6.45) is 5.42. The van der Waals surface area contributed by atoms with E-state index in [1.807, 2.05) is 49.4 Å². The number of anilines is 1. The maximum Gasteiger partial charge on any atom is 0.329 e. The standard InChI is InChI=1S/C17H18N6O2/c1-3-4-10-23-13-14(22(2)17(25)20-15(13)24)19-16(23)21-18-11-12-8-6-5-7-9-12/h3-9,11H,10H2,1-2H3,(H,19,21)(H,20,24,25)/b4-3+,18-11?. The quantitative estimate of drug-likeness (QED) is 0.418. The Balaban J connectivity index is 2.06. The van der Waals surface area contributed by atoms with Crippen LogP contribution in [0.15, 0.2) is 57.2 Å². The van der Waals surface area contributed by atoms with E-state index in [1.54, 1.807) is 17.8 Å². The summed E-state index contributed by atoms with van der Waals surface area (Å²) >= 11 is 0. The van der Waals surface area contributed by atoms with Crippen LogP contribution >= 0.6 is 0 Å². The van der Waals surface area contributed by atoms with Crippen LogP contribution in [0.25, 0.3) is 11.2 Å². The second kappa shape index (κ2) is 7.00. The average Bonchev–Trinajstić information content (AvgIpc) is 2.98. The number of allylic oxidation sites excluding steroid dienone is 2. The molecule has 2 N–H and O–H groups in total. The van der Waals surface area contributed by atoms with Crippen LogP contribution in [-0.2, 0) is 13.6 Å². The molecule has 0 bridgehead atoms. The van der Waals surface area contributed by atoms with Crippen LogP contribution in [0, 0.1) is 0 Å². The molecule has 0 radical (unpaired) electrons. The number of aryl methyl sites for hydroxylation is 1. The SMILES string of the molecule is C/C=C/Cn1c(NN=Cc2ccccc2)nc2c1c(=O)[nH]c(=O)n2C. The molecule has 0 aliphatic carbocycles. The normalized spacial score (nSPS) is 11.8. The van der Waals surface area contributed by atoms with Gasteiger partial charge in [-0.15, -0.1) is 0 Å².